The molecule has 7 nitrogen and oxygen atoms in total. The van der Waals surface area contributed by atoms with Gasteiger partial charge in [0.05, 0.1) is 11.2 Å². The second-order valence-electron chi connectivity index (χ2n) is 7.24. The summed E-state index contributed by atoms with van der Waals surface area (Å²) in [6, 6.07) is 4.97. The molecular formula is C18H24N4O3S. The van der Waals surface area contributed by atoms with E-state index in [0.717, 1.165) is 11.3 Å². The Hall–Kier alpha value is -2.19. The Morgan fingerprint density at radius 3 is 2.77 bits per heavy atom. The van der Waals surface area contributed by atoms with Gasteiger partial charge in [-0.05, 0) is 30.2 Å². The average molecular weight is 376 g/mol. The molecule has 0 saturated heterocycles. The SMILES string of the molecule is CN1C(=O)CC(C)(C)c2cc(S(=O)(=O)NCCCn3ccnc3)ccc21. The van der Waals surface area contributed by atoms with E-state index in [9.17, 15) is 13.2 Å². The number of aryl methyl sites for hydroxylation is 1. The van der Waals surface area contributed by atoms with E-state index in [1.807, 2.05) is 24.6 Å². The lowest BCUT2D eigenvalue weighted by molar-refractivity contribution is -0.119. The number of carbonyl (C=O) groups is 1. The van der Waals surface area contributed by atoms with Crippen molar-refractivity contribution in [3.05, 3.63) is 42.5 Å². The lowest BCUT2D eigenvalue weighted by atomic mass is 9.77. The maximum atomic E-state index is 12.6. The van der Waals surface area contributed by atoms with Crippen LogP contribution in [0.3, 0.4) is 0 Å². The molecule has 1 aliphatic heterocycles. The van der Waals surface area contributed by atoms with Crippen molar-refractivity contribution in [2.75, 3.05) is 18.5 Å². The predicted molar refractivity (Wildman–Crippen MR) is 99.5 cm³/mol. The fraction of sp³-hybridized carbons (Fsp3) is 0.444. The molecule has 0 atom stereocenters. The number of hydrogen-bond acceptors (Lipinski definition) is 4. The van der Waals surface area contributed by atoms with E-state index in [0.29, 0.717) is 25.9 Å². The number of benzene rings is 1. The van der Waals surface area contributed by atoms with E-state index in [1.54, 1.807) is 42.7 Å². The number of sulfonamides is 1. The molecule has 1 aromatic carbocycles. The minimum atomic E-state index is -3.59. The first-order chi connectivity index (χ1) is 12.2. The molecule has 1 aromatic heterocycles. The summed E-state index contributed by atoms with van der Waals surface area (Å²) in [4.78, 5) is 17.9. The van der Waals surface area contributed by atoms with Crippen LogP contribution in [0.15, 0.2) is 41.8 Å². The number of imidazole rings is 1. The molecule has 1 N–H and O–H groups in total. The highest BCUT2D eigenvalue weighted by atomic mass is 32.2. The molecule has 2 heterocycles. The van der Waals surface area contributed by atoms with Crippen LogP contribution in [0, 0.1) is 0 Å². The van der Waals surface area contributed by atoms with Crippen molar-refractivity contribution in [3.8, 4) is 0 Å². The van der Waals surface area contributed by atoms with Crippen LogP contribution in [-0.2, 0) is 26.8 Å². The largest absolute Gasteiger partial charge is 0.337 e. The molecule has 140 valence electrons. The van der Waals surface area contributed by atoms with Crippen LogP contribution in [0.5, 0.6) is 0 Å². The fourth-order valence-electron chi connectivity index (χ4n) is 3.21. The molecule has 1 aliphatic rings. The van der Waals surface area contributed by atoms with Crippen molar-refractivity contribution in [2.24, 2.45) is 0 Å². The van der Waals surface area contributed by atoms with Gasteiger partial charge in [0, 0.05) is 50.1 Å². The number of rotatable bonds is 6. The summed E-state index contributed by atoms with van der Waals surface area (Å²) in [6.45, 7) is 4.98. The van der Waals surface area contributed by atoms with Crippen LogP contribution in [0.25, 0.3) is 0 Å². The van der Waals surface area contributed by atoms with Crippen molar-refractivity contribution in [2.45, 2.75) is 43.5 Å². The molecule has 3 rings (SSSR count). The minimum Gasteiger partial charge on any atom is -0.337 e. The minimum absolute atomic E-state index is 0.0377. The Bertz CT molecular complexity index is 905. The average Bonchev–Trinajstić information content (AvgIpc) is 3.09. The number of anilines is 1. The van der Waals surface area contributed by atoms with Crippen LogP contribution >= 0.6 is 0 Å². The highest BCUT2D eigenvalue weighted by molar-refractivity contribution is 7.89. The van der Waals surface area contributed by atoms with Gasteiger partial charge >= 0.3 is 0 Å². The van der Waals surface area contributed by atoms with Crippen LogP contribution < -0.4 is 9.62 Å². The summed E-state index contributed by atoms with van der Waals surface area (Å²) in [6.07, 6.45) is 6.28. The first kappa shape index (κ1) is 18.6. The Morgan fingerprint density at radius 1 is 1.31 bits per heavy atom. The van der Waals surface area contributed by atoms with Gasteiger partial charge in [-0.3, -0.25) is 4.79 Å². The number of carbonyl (C=O) groups excluding carboxylic acids is 1. The molecule has 0 unspecified atom stereocenters. The Labute approximate surface area is 154 Å². The maximum Gasteiger partial charge on any atom is 0.240 e. The summed E-state index contributed by atoms with van der Waals surface area (Å²) in [5, 5.41) is 0. The first-order valence-corrected chi connectivity index (χ1v) is 10.1. The van der Waals surface area contributed by atoms with E-state index in [4.69, 9.17) is 0 Å². The Morgan fingerprint density at radius 2 is 2.08 bits per heavy atom. The van der Waals surface area contributed by atoms with Gasteiger partial charge in [0.15, 0.2) is 0 Å². The molecule has 1 amide bonds. The van der Waals surface area contributed by atoms with Gasteiger partial charge in [0.2, 0.25) is 15.9 Å². The summed E-state index contributed by atoms with van der Waals surface area (Å²) >= 11 is 0. The first-order valence-electron chi connectivity index (χ1n) is 8.57. The zero-order valence-electron chi connectivity index (χ0n) is 15.3. The lowest BCUT2D eigenvalue weighted by Crippen LogP contribution is -2.39. The van der Waals surface area contributed by atoms with Crippen molar-refractivity contribution < 1.29 is 13.2 Å². The molecule has 0 radical (unpaired) electrons. The lowest BCUT2D eigenvalue weighted by Gasteiger charge is -2.37. The van der Waals surface area contributed by atoms with E-state index in [1.165, 1.54) is 0 Å². The van der Waals surface area contributed by atoms with Gasteiger partial charge in [-0.1, -0.05) is 13.8 Å². The molecule has 0 spiro atoms. The third-order valence-corrected chi connectivity index (χ3v) is 6.24. The van der Waals surface area contributed by atoms with E-state index < -0.39 is 15.4 Å². The summed E-state index contributed by atoms with van der Waals surface area (Å²) < 4.78 is 29.8. The predicted octanol–water partition coefficient (Wildman–Crippen LogP) is 1.90. The molecule has 8 heteroatoms. The number of amides is 1. The standard InChI is InChI=1S/C18H24N4O3S/c1-18(2)12-17(23)21(3)16-6-5-14(11-15(16)18)26(24,25)20-7-4-9-22-10-8-19-13-22/h5-6,8,10-11,13,20H,4,7,9,12H2,1-3H3. The van der Waals surface area contributed by atoms with Gasteiger partial charge in [-0.15, -0.1) is 0 Å². The molecule has 2 aromatic rings. The Balaban J connectivity index is 1.75. The van der Waals surface area contributed by atoms with Gasteiger partial charge < -0.3 is 9.47 Å². The number of nitrogens with zero attached hydrogens (tertiary/aromatic N) is 3. The van der Waals surface area contributed by atoms with Gasteiger partial charge in [0.1, 0.15) is 0 Å². The van der Waals surface area contributed by atoms with Crippen LogP contribution in [0.1, 0.15) is 32.3 Å². The zero-order valence-corrected chi connectivity index (χ0v) is 16.1. The molecular weight excluding hydrogens is 352 g/mol. The molecule has 0 saturated carbocycles. The normalized spacial score (nSPS) is 16.6. The topological polar surface area (TPSA) is 84.3 Å². The van der Waals surface area contributed by atoms with Gasteiger partial charge in [-0.2, -0.15) is 0 Å². The van der Waals surface area contributed by atoms with E-state index >= 15 is 0 Å². The second-order valence-corrected chi connectivity index (χ2v) is 9.01. The molecule has 0 bridgehead atoms. The van der Waals surface area contributed by atoms with Gasteiger partial charge in [-0.25, -0.2) is 18.1 Å². The summed E-state index contributed by atoms with van der Waals surface area (Å²) in [5.41, 5.74) is 1.25. The molecule has 0 fully saturated rings. The summed E-state index contributed by atoms with van der Waals surface area (Å²) in [5.74, 6) is 0.0377. The number of aromatic nitrogens is 2. The highest BCUT2D eigenvalue weighted by Gasteiger charge is 2.35. The maximum absolute atomic E-state index is 12.6. The number of nitrogens with one attached hydrogen (secondary N) is 1. The monoisotopic (exact) mass is 376 g/mol. The second kappa shape index (κ2) is 6.85. The molecule has 26 heavy (non-hydrogen) atoms. The zero-order chi connectivity index (χ0) is 18.9. The van der Waals surface area contributed by atoms with E-state index in [-0.39, 0.29) is 10.8 Å². The third kappa shape index (κ3) is 3.66. The van der Waals surface area contributed by atoms with E-state index in [2.05, 4.69) is 9.71 Å². The van der Waals surface area contributed by atoms with Crippen LogP contribution in [-0.4, -0.2) is 37.5 Å². The van der Waals surface area contributed by atoms with Crippen molar-refractivity contribution >= 4 is 21.6 Å². The van der Waals surface area contributed by atoms with Crippen LogP contribution in [0.4, 0.5) is 5.69 Å². The quantitative estimate of drug-likeness (QED) is 0.781. The number of hydrogen-bond donors (Lipinski definition) is 1. The third-order valence-electron chi connectivity index (χ3n) is 4.78. The smallest absolute Gasteiger partial charge is 0.240 e. The van der Waals surface area contributed by atoms with Gasteiger partial charge in [0.25, 0.3) is 0 Å². The Kier molecular flexibility index (Phi) is 4.90. The van der Waals surface area contributed by atoms with Crippen molar-refractivity contribution in [1.82, 2.24) is 14.3 Å². The highest BCUT2D eigenvalue weighted by Crippen LogP contribution is 2.40. The number of fused-ring (bicyclic) bond motifs is 1. The summed E-state index contributed by atoms with van der Waals surface area (Å²) in [7, 11) is -1.87. The fourth-order valence-corrected chi connectivity index (χ4v) is 4.31. The van der Waals surface area contributed by atoms with Crippen molar-refractivity contribution in [1.29, 1.82) is 0 Å². The van der Waals surface area contributed by atoms with Crippen molar-refractivity contribution in [3.63, 3.8) is 0 Å². The molecule has 0 aliphatic carbocycles. The van der Waals surface area contributed by atoms with Crippen LogP contribution in [0.2, 0.25) is 0 Å².